The summed E-state index contributed by atoms with van der Waals surface area (Å²) >= 11 is 11.3. The van der Waals surface area contributed by atoms with Gasteiger partial charge in [-0.3, -0.25) is 0 Å². The number of pyridine rings is 1. The van der Waals surface area contributed by atoms with E-state index in [1.54, 1.807) is 18.3 Å². The molecule has 64 valence electrons. The minimum absolute atomic E-state index is 0.243. The first kappa shape index (κ1) is 9.52. The molecule has 1 aromatic rings. The average molecular weight is 203 g/mol. The zero-order valence-corrected chi connectivity index (χ0v) is 7.81. The van der Waals surface area contributed by atoms with Crippen molar-refractivity contribution in [2.45, 2.75) is 6.04 Å². The molecular formula is C8H8Cl2N2. The molecule has 0 aliphatic rings. The number of halogens is 2. The van der Waals surface area contributed by atoms with Crippen LogP contribution >= 0.6 is 23.2 Å². The topological polar surface area (TPSA) is 38.9 Å². The Morgan fingerprint density at radius 1 is 1.58 bits per heavy atom. The van der Waals surface area contributed by atoms with Crippen LogP contribution < -0.4 is 5.73 Å². The molecule has 1 rings (SSSR count). The molecule has 12 heavy (non-hydrogen) atoms. The highest BCUT2D eigenvalue weighted by molar-refractivity contribution is 6.41. The number of hydrogen-bond donors (Lipinski definition) is 1. The van der Waals surface area contributed by atoms with Gasteiger partial charge in [-0.15, -0.1) is 6.58 Å². The third-order valence-corrected chi connectivity index (χ3v) is 2.14. The molecule has 4 heteroatoms. The SMILES string of the molecule is C=CC(N)c1cnc(Cl)c(Cl)c1. The Morgan fingerprint density at radius 2 is 2.25 bits per heavy atom. The highest BCUT2D eigenvalue weighted by Crippen LogP contribution is 2.22. The first-order valence-corrected chi connectivity index (χ1v) is 4.10. The highest BCUT2D eigenvalue weighted by Gasteiger charge is 2.04. The second-order valence-electron chi connectivity index (χ2n) is 2.30. The zero-order chi connectivity index (χ0) is 9.14. The molecule has 2 nitrogen and oxygen atoms in total. The van der Waals surface area contributed by atoms with Crippen molar-refractivity contribution in [3.63, 3.8) is 0 Å². The van der Waals surface area contributed by atoms with Crippen LogP contribution in [0.5, 0.6) is 0 Å². The molecule has 0 aliphatic carbocycles. The van der Waals surface area contributed by atoms with Gasteiger partial charge in [0.25, 0.3) is 0 Å². The molecule has 0 radical (unpaired) electrons. The van der Waals surface area contributed by atoms with Crippen LogP contribution in [0.15, 0.2) is 24.9 Å². The third-order valence-electron chi connectivity index (χ3n) is 1.46. The highest BCUT2D eigenvalue weighted by atomic mass is 35.5. The Kier molecular flexibility index (Phi) is 3.09. The van der Waals surface area contributed by atoms with Crippen LogP contribution in [-0.4, -0.2) is 4.98 Å². The van der Waals surface area contributed by atoms with Gasteiger partial charge in [-0.1, -0.05) is 29.3 Å². The molecule has 0 aromatic carbocycles. The van der Waals surface area contributed by atoms with Gasteiger partial charge in [0.1, 0.15) is 5.15 Å². The summed E-state index contributed by atoms with van der Waals surface area (Å²) in [6, 6.07) is 1.44. The van der Waals surface area contributed by atoms with E-state index in [-0.39, 0.29) is 11.2 Å². The van der Waals surface area contributed by atoms with E-state index < -0.39 is 0 Å². The van der Waals surface area contributed by atoms with E-state index in [4.69, 9.17) is 28.9 Å². The monoisotopic (exact) mass is 202 g/mol. The molecule has 1 atom stereocenters. The van der Waals surface area contributed by atoms with Gasteiger partial charge in [-0.2, -0.15) is 0 Å². The summed E-state index contributed by atoms with van der Waals surface area (Å²) in [6.45, 7) is 3.56. The van der Waals surface area contributed by atoms with Gasteiger partial charge in [-0.25, -0.2) is 4.98 Å². The quantitative estimate of drug-likeness (QED) is 0.592. The van der Waals surface area contributed by atoms with Gasteiger partial charge in [0.15, 0.2) is 0 Å². The van der Waals surface area contributed by atoms with E-state index in [1.165, 1.54) is 0 Å². The van der Waals surface area contributed by atoms with Crippen LogP contribution in [0.4, 0.5) is 0 Å². The van der Waals surface area contributed by atoms with Crippen molar-refractivity contribution in [2.75, 3.05) is 0 Å². The molecule has 0 fully saturated rings. The lowest BCUT2D eigenvalue weighted by Gasteiger charge is -2.05. The fourth-order valence-corrected chi connectivity index (χ4v) is 1.03. The summed E-state index contributed by atoms with van der Waals surface area (Å²) < 4.78 is 0. The number of aromatic nitrogens is 1. The third kappa shape index (κ3) is 1.97. The van der Waals surface area contributed by atoms with Crippen LogP contribution in [-0.2, 0) is 0 Å². The first-order valence-electron chi connectivity index (χ1n) is 3.34. The normalized spacial score (nSPS) is 12.6. The van der Waals surface area contributed by atoms with E-state index in [1.807, 2.05) is 0 Å². The molecule has 0 amide bonds. The molecule has 0 aliphatic heterocycles. The van der Waals surface area contributed by atoms with Gasteiger partial charge in [-0.05, 0) is 11.6 Å². The largest absolute Gasteiger partial charge is 0.321 e. The molecule has 1 unspecified atom stereocenters. The van der Waals surface area contributed by atoms with Gasteiger partial charge < -0.3 is 5.73 Å². The summed E-state index contributed by atoms with van der Waals surface area (Å²) in [6.07, 6.45) is 3.20. The zero-order valence-electron chi connectivity index (χ0n) is 6.30. The Bertz CT molecular complexity index is 299. The van der Waals surface area contributed by atoms with Crippen molar-refractivity contribution in [3.05, 3.63) is 40.7 Å². The minimum atomic E-state index is -0.243. The molecule has 0 saturated carbocycles. The van der Waals surface area contributed by atoms with E-state index in [9.17, 15) is 0 Å². The lowest BCUT2D eigenvalue weighted by molar-refractivity contribution is 0.904. The molecule has 0 bridgehead atoms. The van der Waals surface area contributed by atoms with Gasteiger partial charge in [0.2, 0.25) is 0 Å². The first-order chi connectivity index (χ1) is 5.65. The fraction of sp³-hybridized carbons (Fsp3) is 0.125. The number of rotatable bonds is 2. The van der Waals surface area contributed by atoms with Crippen LogP contribution in [0.2, 0.25) is 10.2 Å². The van der Waals surface area contributed by atoms with Crippen molar-refractivity contribution in [1.29, 1.82) is 0 Å². The van der Waals surface area contributed by atoms with Crippen LogP contribution in [0, 0.1) is 0 Å². The summed E-state index contributed by atoms with van der Waals surface area (Å²) in [5, 5.41) is 0.697. The summed E-state index contributed by atoms with van der Waals surface area (Å²) in [7, 11) is 0. The maximum absolute atomic E-state index is 5.73. The summed E-state index contributed by atoms with van der Waals surface area (Å²) in [4.78, 5) is 3.85. The van der Waals surface area contributed by atoms with E-state index in [0.29, 0.717) is 5.02 Å². The molecule has 1 heterocycles. The Balaban J connectivity index is 3.04. The molecule has 1 aromatic heterocycles. The fourth-order valence-electron chi connectivity index (χ4n) is 0.754. The second-order valence-corrected chi connectivity index (χ2v) is 3.07. The van der Waals surface area contributed by atoms with Crippen LogP contribution in [0.1, 0.15) is 11.6 Å². The van der Waals surface area contributed by atoms with Crippen LogP contribution in [0.3, 0.4) is 0 Å². The van der Waals surface area contributed by atoms with E-state index in [2.05, 4.69) is 11.6 Å². The van der Waals surface area contributed by atoms with Gasteiger partial charge in [0.05, 0.1) is 5.02 Å². The standard InChI is InChI=1S/C8H8Cl2N2/c1-2-7(11)5-3-6(9)8(10)12-4-5/h2-4,7H,1,11H2. The van der Waals surface area contributed by atoms with Crippen molar-refractivity contribution in [1.82, 2.24) is 4.98 Å². The number of nitrogens with zero attached hydrogens (tertiary/aromatic N) is 1. The van der Waals surface area contributed by atoms with Crippen molar-refractivity contribution >= 4 is 23.2 Å². The number of hydrogen-bond acceptors (Lipinski definition) is 2. The molecule has 0 spiro atoms. The van der Waals surface area contributed by atoms with E-state index >= 15 is 0 Å². The Hall–Kier alpha value is -0.570. The van der Waals surface area contributed by atoms with Gasteiger partial charge in [0, 0.05) is 12.2 Å². The summed E-state index contributed by atoms with van der Waals surface area (Å²) in [5.41, 5.74) is 6.46. The second kappa shape index (κ2) is 3.90. The maximum Gasteiger partial charge on any atom is 0.147 e. The smallest absolute Gasteiger partial charge is 0.147 e. The lowest BCUT2D eigenvalue weighted by Crippen LogP contribution is -2.06. The molecule has 0 saturated heterocycles. The van der Waals surface area contributed by atoms with Crippen molar-refractivity contribution in [2.24, 2.45) is 5.73 Å². The van der Waals surface area contributed by atoms with Gasteiger partial charge >= 0.3 is 0 Å². The Morgan fingerprint density at radius 3 is 2.75 bits per heavy atom. The van der Waals surface area contributed by atoms with E-state index in [0.717, 1.165) is 5.56 Å². The minimum Gasteiger partial charge on any atom is -0.321 e. The predicted octanol–water partition coefficient (Wildman–Crippen LogP) is 2.57. The van der Waals surface area contributed by atoms with Crippen molar-refractivity contribution < 1.29 is 0 Å². The maximum atomic E-state index is 5.73. The average Bonchev–Trinajstić information content (AvgIpc) is 2.08. The van der Waals surface area contributed by atoms with Crippen LogP contribution in [0.25, 0.3) is 0 Å². The number of nitrogens with two attached hydrogens (primary N) is 1. The predicted molar refractivity (Wildman–Crippen MR) is 51.4 cm³/mol. The Labute approximate surface area is 81.0 Å². The lowest BCUT2D eigenvalue weighted by atomic mass is 10.1. The molecular weight excluding hydrogens is 195 g/mol. The van der Waals surface area contributed by atoms with Crippen molar-refractivity contribution in [3.8, 4) is 0 Å². The molecule has 2 N–H and O–H groups in total. The summed E-state index contributed by atoms with van der Waals surface area (Å²) in [5.74, 6) is 0.